The van der Waals surface area contributed by atoms with Gasteiger partial charge in [-0.2, -0.15) is 0 Å². The third-order valence-electron chi connectivity index (χ3n) is 4.37. The van der Waals surface area contributed by atoms with Crippen molar-refractivity contribution in [2.45, 2.75) is 25.3 Å². The van der Waals surface area contributed by atoms with E-state index in [-0.39, 0.29) is 17.6 Å². The lowest BCUT2D eigenvalue weighted by Crippen LogP contribution is -2.56. The SMILES string of the molecule is O=C1CCC[C@H](C(=O)N2CCN(c3ccc(F)cc3Cl)CC2)N1. The fourth-order valence-electron chi connectivity index (χ4n) is 3.12. The van der Waals surface area contributed by atoms with Crippen LogP contribution in [0.25, 0.3) is 0 Å². The van der Waals surface area contributed by atoms with Gasteiger partial charge in [0, 0.05) is 32.6 Å². The molecule has 0 unspecified atom stereocenters. The normalized spacial score (nSPS) is 22.0. The number of hydrogen-bond acceptors (Lipinski definition) is 3. The van der Waals surface area contributed by atoms with Crippen LogP contribution in [0.4, 0.5) is 10.1 Å². The molecule has 1 aromatic carbocycles. The molecule has 0 aromatic heterocycles. The van der Waals surface area contributed by atoms with Gasteiger partial charge in [-0.05, 0) is 31.0 Å². The summed E-state index contributed by atoms with van der Waals surface area (Å²) in [6.45, 7) is 2.41. The molecule has 2 aliphatic rings. The van der Waals surface area contributed by atoms with Crippen molar-refractivity contribution >= 4 is 29.1 Å². The Labute approximate surface area is 139 Å². The first kappa shape index (κ1) is 16.1. The molecule has 7 heteroatoms. The van der Waals surface area contributed by atoms with Crippen molar-refractivity contribution in [3.8, 4) is 0 Å². The van der Waals surface area contributed by atoms with Crippen LogP contribution < -0.4 is 10.2 Å². The predicted octanol–water partition coefficient (Wildman–Crippen LogP) is 1.80. The molecule has 0 bridgehead atoms. The molecule has 2 amide bonds. The second-order valence-corrected chi connectivity index (χ2v) is 6.33. The Hall–Kier alpha value is -1.82. The summed E-state index contributed by atoms with van der Waals surface area (Å²) in [4.78, 5) is 27.7. The van der Waals surface area contributed by atoms with Gasteiger partial charge in [-0.1, -0.05) is 11.6 Å². The second-order valence-electron chi connectivity index (χ2n) is 5.92. The Kier molecular flexibility index (Phi) is 4.71. The van der Waals surface area contributed by atoms with Gasteiger partial charge < -0.3 is 15.1 Å². The number of benzene rings is 1. The topological polar surface area (TPSA) is 52.7 Å². The van der Waals surface area contributed by atoms with Crippen LogP contribution in [0.3, 0.4) is 0 Å². The monoisotopic (exact) mass is 339 g/mol. The van der Waals surface area contributed by atoms with E-state index in [0.29, 0.717) is 44.0 Å². The van der Waals surface area contributed by atoms with Crippen LogP contribution >= 0.6 is 11.6 Å². The number of piperazine rings is 1. The largest absolute Gasteiger partial charge is 0.367 e. The van der Waals surface area contributed by atoms with Crippen molar-refractivity contribution in [3.63, 3.8) is 0 Å². The lowest BCUT2D eigenvalue weighted by Gasteiger charge is -2.38. The third-order valence-corrected chi connectivity index (χ3v) is 4.67. The minimum absolute atomic E-state index is 0.0112. The molecule has 2 fully saturated rings. The van der Waals surface area contributed by atoms with Gasteiger partial charge in [-0.15, -0.1) is 0 Å². The average Bonchev–Trinajstić information content (AvgIpc) is 2.54. The van der Waals surface area contributed by atoms with Gasteiger partial charge in [-0.25, -0.2) is 4.39 Å². The Morgan fingerprint density at radius 1 is 1.26 bits per heavy atom. The fourth-order valence-corrected chi connectivity index (χ4v) is 3.40. The number of amides is 2. The number of nitrogens with one attached hydrogen (secondary N) is 1. The quantitative estimate of drug-likeness (QED) is 0.894. The molecule has 0 aliphatic carbocycles. The van der Waals surface area contributed by atoms with Gasteiger partial charge >= 0.3 is 0 Å². The van der Waals surface area contributed by atoms with Crippen molar-refractivity contribution < 1.29 is 14.0 Å². The van der Waals surface area contributed by atoms with E-state index < -0.39 is 6.04 Å². The fraction of sp³-hybridized carbons (Fsp3) is 0.500. The van der Waals surface area contributed by atoms with E-state index in [1.165, 1.54) is 12.1 Å². The van der Waals surface area contributed by atoms with Gasteiger partial charge in [0.1, 0.15) is 11.9 Å². The van der Waals surface area contributed by atoms with Crippen LogP contribution in [0, 0.1) is 5.82 Å². The number of carbonyl (C=O) groups is 2. The van der Waals surface area contributed by atoms with Crippen LogP contribution in [0.15, 0.2) is 18.2 Å². The zero-order valence-electron chi connectivity index (χ0n) is 12.7. The zero-order chi connectivity index (χ0) is 16.4. The number of rotatable bonds is 2. The van der Waals surface area contributed by atoms with Crippen molar-refractivity contribution in [1.82, 2.24) is 10.2 Å². The highest BCUT2D eigenvalue weighted by Crippen LogP contribution is 2.27. The van der Waals surface area contributed by atoms with Gasteiger partial charge in [0.25, 0.3) is 0 Å². The maximum atomic E-state index is 13.1. The summed E-state index contributed by atoms with van der Waals surface area (Å²) in [7, 11) is 0. The molecule has 0 radical (unpaired) electrons. The molecule has 1 N–H and O–H groups in total. The predicted molar refractivity (Wildman–Crippen MR) is 86.0 cm³/mol. The molecule has 0 saturated carbocycles. The molecule has 1 atom stereocenters. The number of piperidine rings is 1. The first-order valence-corrected chi connectivity index (χ1v) is 8.20. The molecule has 5 nitrogen and oxygen atoms in total. The highest BCUT2D eigenvalue weighted by molar-refractivity contribution is 6.33. The lowest BCUT2D eigenvalue weighted by molar-refractivity contribution is -0.138. The van der Waals surface area contributed by atoms with Crippen LogP contribution in [0.2, 0.25) is 5.02 Å². The molecule has 0 spiro atoms. The van der Waals surface area contributed by atoms with E-state index in [1.54, 1.807) is 11.0 Å². The highest BCUT2D eigenvalue weighted by atomic mass is 35.5. The Balaban J connectivity index is 1.59. The second kappa shape index (κ2) is 6.74. The van der Waals surface area contributed by atoms with Crippen molar-refractivity contribution in [1.29, 1.82) is 0 Å². The van der Waals surface area contributed by atoms with Gasteiger partial charge in [0.05, 0.1) is 10.7 Å². The number of halogens is 2. The van der Waals surface area contributed by atoms with Crippen LogP contribution in [-0.4, -0.2) is 48.9 Å². The lowest BCUT2D eigenvalue weighted by atomic mass is 10.0. The summed E-state index contributed by atoms with van der Waals surface area (Å²) in [5, 5.41) is 3.14. The maximum Gasteiger partial charge on any atom is 0.245 e. The standard InChI is InChI=1S/C16H19ClFN3O2/c17-12-10-11(18)4-5-14(12)20-6-8-21(9-7-20)16(23)13-2-1-3-15(22)19-13/h4-5,10,13H,1-3,6-9H2,(H,19,22)/t13-/m1/s1. The summed E-state index contributed by atoms with van der Waals surface area (Å²) in [5.41, 5.74) is 0.783. The highest BCUT2D eigenvalue weighted by Gasteiger charge is 2.30. The minimum Gasteiger partial charge on any atom is -0.367 e. The van der Waals surface area contributed by atoms with Crippen LogP contribution in [-0.2, 0) is 9.59 Å². The Morgan fingerprint density at radius 3 is 2.65 bits per heavy atom. The Bertz CT molecular complexity index is 617. The van der Waals surface area contributed by atoms with Crippen molar-refractivity contribution in [3.05, 3.63) is 29.0 Å². The van der Waals surface area contributed by atoms with Gasteiger partial charge in [0.2, 0.25) is 11.8 Å². The summed E-state index contributed by atoms with van der Waals surface area (Å²) in [6, 6.07) is 3.95. The smallest absolute Gasteiger partial charge is 0.245 e. The summed E-state index contributed by atoms with van der Waals surface area (Å²) in [5.74, 6) is -0.421. The van der Waals surface area contributed by atoms with Gasteiger partial charge in [0.15, 0.2) is 0 Å². The molecule has 23 heavy (non-hydrogen) atoms. The summed E-state index contributed by atoms with van der Waals surface area (Å²) < 4.78 is 13.1. The van der Waals surface area contributed by atoms with Gasteiger partial charge in [-0.3, -0.25) is 9.59 Å². The van der Waals surface area contributed by atoms with Crippen molar-refractivity contribution in [2.75, 3.05) is 31.1 Å². The summed E-state index contributed by atoms with van der Waals surface area (Å²) >= 11 is 6.09. The van der Waals surface area contributed by atoms with E-state index in [9.17, 15) is 14.0 Å². The van der Waals surface area contributed by atoms with E-state index in [2.05, 4.69) is 5.32 Å². The van der Waals surface area contributed by atoms with Crippen LogP contribution in [0.5, 0.6) is 0 Å². The molecule has 124 valence electrons. The maximum absolute atomic E-state index is 13.1. The summed E-state index contributed by atoms with van der Waals surface area (Å²) in [6.07, 6.45) is 1.96. The minimum atomic E-state index is -0.391. The zero-order valence-corrected chi connectivity index (χ0v) is 13.5. The number of anilines is 1. The van der Waals surface area contributed by atoms with E-state index in [4.69, 9.17) is 11.6 Å². The average molecular weight is 340 g/mol. The Morgan fingerprint density at radius 2 is 2.00 bits per heavy atom. The molecule has 1 aromatic rings. The molecule has 2 heterocycles. The number of hydrogen-bond donors (Lipinski definition) is 1. The van der Waals surface area contributed by atoms with E-state index in [0.717, 1.165) is 12.1 Å². The molecule has 2 saturated heterocycles. The first-order chi connectivity index (χ1) is 11.0. The molecule has 2 aliphatic heterocycles. The molecule has 3 rings (SSSR count). The van der Waals surface area contributed by atoms with Crippen LogP contribution in [0.1, 0.15) is 19.3 Å². The molecular formula is C16H19ClFN3O2. The third kappa shape index (κ3) is 3.58. The number of nitrogens with zero attached hydrogens (tertiary/aromatic N) is 2. The molecular weight excluding hydrogens is 321 g/mol. The van der Waals surface area contributed by atoms with Crippen molar-refractivity contribution in [2.24, 2.45) is 0 Å². The first-order valence-electron chi connectivity index (χ1n) is 7.83. The number of carbonyl (C=O) groups excluding carboxylic acids is 2. The van der Waals surface area contributed by atoms with E-state index in [1.807, 2.05) is 4.90 Å². The van der Waals surface area contributed by atoms with E-state index >= 15 is 0 Å².